The van der Waals surface area contributed by atoms with Crippen LogP contribution in [-0.4, -0.2) is 12.7 Å². The van der Waals surface area contributed by atoms with Crippen LogP contribution in [0.1, 0.15) is 25.0 Å². The highest BCUT2D eigenvalue weighted by Gasteiger charge is 2.03. The van der Waals surface area contributed by atoms with Gasteiger partial charge >= 0.3 is 6.09 Å². The number of carbonyl (C=O) groups is 1. The van der Waals surface area contributed by atoms with Gasteiger partial charge in [0.2, 0.25) is 0 Å². The molecule has 1 aromatic rings. The Kier molecular flexibility index (Phi) is 5.49. The van der Waals surface area contributed by atoms with E-state index in [-0.39, 0.29) is 6.09 Å². The summed E-state index contributed by atoms with van der Waals surface area (Å²) >= 11 is 0. The monoisotopic (exact) mass is 236 g/mol. The highest BCUT2D eigenvalue weighted by atomic mass is 16.5. The summed E-state index contributed by atoms with van der Waals surface area (Å²) in [4.78, 5) is 11.3. The van der Waals surface area contributed by atoms with E-state index in [9.17, 15) is 4.79 Å². The Morgan fingerprint density at radius 3 is 2.41 bits per heavy atom. The number of amides is 1. The maximum Gasteiger partial charge on any atom is 0.407 e. The average molecular weight is 236 g/mol. The van der Waals surface area contributed by atoms with E-state index >= 15 is 0 Å². The van der Waals surface area contributed by atoms with Crippen LogP contribution >= 0.6 is 0 Å². The van der Waals surface area contributed by atoms with Crippen LogP contribution in [0.2, 0.25) is 0 Å². The molecule has 3 N–H and O–H groups in total. The Bertz CT molecular complexity index is 347. The Labute approximate surface area is 102 Å². The van der Waals surface area contributed by atoms with Crippen molar-refractivity contribution in [3.63, 3.8) is 0 Å². The molecule has 0 unspecified atom stereocenters. The molecule has 1 amide bonds. The molecule has 0 radical (unpaired) electrons. The van der Waals surface area contributed by atoms with Crippen molar-refractivity contribution in [3.8, 4) is 0 Å². The first-order valence-electron chi connectivity index (χ1n) is 5.80. The van der Waals surface area contributed by atoms with Gasteiger partial charge in [0, 0.05) is 13.1 Å². The number of hydrogen-bond donors (Lipinski definition) is 2. The van der Waals surface area contributed by atoms with Gasteiger partial charge in [-0.1, -0.05) is 38.1 Å². The fraction of sp³-hybridized carbons (Fsp3) is 0.462. The highest BCUT2D eigenvalue weighted by Crippen LogP contribution is 2.03. The molecule has 0 aromatic heterocycles. The molecule has 4 nitrogen and oxygen atoms in total. The van der Waals surface area contributed by atoms with Gasteiger partial charge in [-0.05, 0) is 17.0 Å². The lowest BCUT2D eigenvalue weighted by Gasteiger charge is -2.09. The molecule has 17 heavy (non-hydrogen) atoms. The number of nitrogens with one attached hydrogen (secondary N) is 1. The zero-order chi connectivity index (χ0) is 12.7. The number of hydrogen-bond acceptors (Lipinski definition) is 3. The van der Waals surface area contributed by atoms with Gasteiger partial charge in [0.15, 0.2) is 0 Å². The van der Waals surface area contributed by atoms with Gasteiger partial charge in [0.1, 0.15) is 0 Å². The van der Waals surface area contributed by atoms with Gasteiger partial charge in [-0.3, -0.25) is 0 Å². The summed E-state index contributed by atoms with van der Waals surface area (Å²) in [6.45, 7) is 5.45. The number of benzene rings is 1. The topological polar surface area (TPSA) is 64.3 Å². The molecule has 0 aliphatic rings. The lowest BCUT2D eigenvalue weighted by Crippen LogP contribution is -2.25. The van der Waals surface area contributed by atoms with E-state index in [0.717, 1.165) is 11.1 Å². The normalized spacial score (nSPS) is 10.4. The molecule has 0 atom stereocenters. The Balaban J connectivity index is 2.31. The maximum atomic E-state index is 11.3. The summed E-state index contributed by atoms with van der Waals surface area (Å²) in [5, 5.41) is 2.70. The van der Waals surface area contributed by atoms with Crippen LogP contribution in [0.15, 0.2) is 24.3 Å². The lowest BCUT2D eigenvalue weighted by molar-refractivity contribution is 0.132. The first-order valence-corrected chi connectivity index (χ1v) is 5.80. The van der Waals surface area contributed by atoms with Gasteiger partial charge in [-0.15, -0.1) is 0 Å². The van der Waals surface area contributed by atoms with E-state index in [1.807, 2.05) is 38.1 Å². The largest absolute Gasteiger partial charge is 0.449 e. The van der Waals surface area contributed by atoms with Gasteiger partial charge in [0.25, 0.3) is 0 Å². The predicted molar refractivity (Wildman–Crippen MR) is 67.4 cm³/mol. The highest BCUT2D eigenvalue weighted by molar-refractivity contribution is 5.67. The second-order valence-corrected chi connectivity index (χ2v) is 4.37. The van der Waals surface area contributed by atoms with E-state index in [1.54, 1.807) is 0 Å². The van der Waals surface area contributed by atoms with Crippen LogP contribution in [-0.2, 0) is 17.8 Å². The lowest BCUT2D eigenvalue weighted by atomic mass is 10.1. The first-order chi connectivity index (χ1) is 8.11. The standard InChI is InChI=1S/C13H20N2O2/c1-10(2)9-17-13(16)15-8-12-5-3-11(7-14)4-6-12/h3-6,10H,7-9,14H2,1-2H3,(H,15,16). The average Bonchev–Trinajstić information content (AvgIpc) is 2.34. The minimum Gasteiger partial charge on any atom is -0.449 e. The minimum absolute atomic E-state index is 0.351. The molecule has 0 fully saturated rings. The summed E-state index contributed by atoms with van der Waals surface area (Å²) < 4.78 is 5.00. The molecule has 1 aromatic carbocycles. The van der Waals surface area contributed by atoms with Gasteiger partial charge < -0.3 is 15.8 Å². The third-order valence-electron chi connectivity index (χ3n) is 2.24. The number of carbonyl (C=O) groups excluding carboxylic acids is 1. The van der Waals surface area contributed by atoms with Crippen molar-refractivity contribution < 1.29 is 9.53 Å². The Morgan fingerprint density at radius 1 is 1.29 bits per heavy atom. The molecule has 0 saturated carbocycles. The molecule has 1 rings (SSSR count). The molecule has 0 aliphatic carbocycles. The SMILES string of the molecule is CC(C)COC(=O)NCc1ccc(CN)cc1. The zero-order valence-corrected chi connectivity index (χ0v) is 10.4. The summed E-state index contributed by atoms with van der Waals surface area (Å²) in [5.41, 5.74) is 7.61. The van der Waals surface area contributed by atoms with E-state index in [2.05, 4.69) is 5.32 Å². The van der Waals surface area contributed by atoms with Crippen molar-refractivity contribution >= 4 is 6.09 Å². The Morgan fingerprint density at radius 2 is 1.88 bits per heavy atom. The van der Waals surface area contributed by atoms with Crippen LogP contribution in [0, 0.1) is 5.92 Å². The third kappa shape index (κ3) is 5.36. The van der Waals surface area contributed by atoms with Crippen LogP contribution in [0.4, 0.5) is 4.79 Å². The molecule has 0 aliphatic heterocycles. The van der Waals surface area contributed by atoms with Crippen molar-refractivity contribution in [3.05, 3.63) is 35.4 Å². The number of rotatable bonds is 5. The molecule has 0 saturated heterocycles. The molecule has 4 heteroatoms. The summed E-state index contributed by atoms with van der Waals surface area (Å²) in [5.74, 6) is 0.351. The quantitative estimate of drug-likeness (QED) is 0.822. The van der Waals surface area contributed by atoms with Crippen LogP contribution in [0.5, 0.6) is 0 Å². The van der Waals surface area contributed by atoms with Gasteiger partial charge in [-0.25, -0.2) is 4.79 Å². The molecule has 94 valence electrons. The molecule has 0 bridgehead atoms. The molecule has 0 spiro atoms. The fourth-order valence-electron chi connectivity index (χ4n) is 1.26. The first kappa shape index (κ1) is 13.5. The van der Waals surface area contributed by atoms with Crippen molar-refractivity contribution in [1.82, 2.24) is 5.32 Å². The fourth-order valence-corrected chi connectivity index (χ4v) is 1.26. The van der Waals surface area contributed by atoms with E-state index in [0.29, 0.717) is 25.6 Å². The molecular formula is C13H20N2O2. The third-order valence-corrected chi connectivity index (χ3v) is 2.24. The maximum absolute atomic E-state index is 11.3. The number of ether oxygens (including phenoxy) is 1. The van der Waals surface area contributed by atoms with Crippen LogP contribution in [0.3, 0.4) is 0 Å². The van der Waals surface area contributed by atoms with E-state index in [4.69, 9.17) is 10.5 Å². The van der Waals surface area contributed by atoms with Crippen molar-refractivity contribution in [1.29, 1.82) is 0 Å². The van der Waals surface area contributed by atoms with Crippen molar-refractivity contribution in [2.24, 2.45) is 11.7 Å². The smallest absolute Gasteiger partial charge is 0.407 e. The number of alkyl carbamates (subject to hydrolysis) is 1. The Hall–Kier alpha value is -1.55. The number of nitrogens with two attached hydrogens (primary N) is 1. The van der Waals surface area contributed by atoms with E-state index in [1.165, 1.54) is 0 Å². The summed E-state index contributed by atoms with van der Waals surface area (Å²) in [6.07, 6.45) is -0.374. The van der Waals surface area contributed by atoms with E-state index < -0.39 is 0 Å². The second kappa shape index (κ2) is 6.91. The summed E-state index contributed by atoms with van der Waals surface area (Å²) in [7, 11) is 0. The van der Waals surface area contributed by atoms with Crippen molar-refractivity contribution in [2.75, 3.05) is 6.61 Å². The van der Waals surface area contributed by atoms with Gasteiger partial charge in [0.05, 0.1) is 6.61 Å². The predicted octanol–water partition coefficient (Wildman–Crippen LogP) is 2.03. The molecule has 0 heterocycles. The second-order valence-electron chi connectivity index (χ2n) is 4.37. The van der Waals surface area contributed by atoms with Crippen molar-refractivity contribution in [2.45, 2.75) is 26.9 Å². The molecular weight excluding hydrogens is 216 g/mol. The minimum atomic E-state index is -0.374. The van der Waals surface area contributed by atoms with Crippen LogP contribution in [0.25, 0.3) is 0 Å². The van der Waals surface area contributed by atoms with Gasteiger partial charge in [-0.2, -0.15) is 0 Å². The zero-order valence-electron chi connectivity index (χ0n) is 10.4. The summed E-state index contributed by atoms with van der Waals surface area (Å²) in [6, 6.07) is 7.81. The van der Waals surface area contributed by atoms with Crippen LogP contribution < -0.4 is 11.1 Å².